The lowest BCUT2D eigenvalue weighted by atomic mass is 10.3. The first kappa shape index (κ1) is 14.9. The fourth-order valence-electron chi connectivity index (χ4n) is 1.68. The monoisotopic (exact) mass is 289 g/mol. The summed E-state index contributed by atoms with van der Waals surface area (Å²) in [5.41, 5.74) is 0. The second kappa shape index (κ2) is 7.94. The quantitative estimate of drug-likeness (QED) is 0.753. The number of ether oxygens (including phenoxy) is 3. The first-order chi connectivity index (χ1) is 10.3. The van der Waals surface area contributed by atoms with Crippen molar-refractivity contribution < 1.29 is 14.2 Å². The van der Waals surface area contributed by atoms with Crippen molar-refractivity contribution in [1.29, 1.82) is 0 Å². The van der Waals surface area contributed by atoms with Gasteiger partial charge in [-0.2, -0.15) is 0 Å². The largest absolute Gasteiger partial charge is 0.497 e. The average Bonchev–Trinajstić information content (AvgIpc) is 2.53. The summed E-state index contributed by atoms with van der Waals surface area (Å²) in [4.78, 5) is 8.12. The molecule has 6 heteroatoms. The maximum absolute atomic E-state index is 5.61. The molecule has 0 unspecified atom stereocenters. The van der Waals surface area contributed by atoms with E-state index in [9.17, 15) is 0 Å². The zero-order valence-electron chi connectivity index (χ0n) is 12.2. The number of nitrogens with zero attached hydrogens (tertiary/aromatic N) is 2. The van der Waals surface area contributed by atoms with Crippen molar-refractivity contribution in [3.05, 3.63) is 36.7 Å². The lowest BCUT2D eigenvalue weighted by Crippen LogP contribution is -2.12. The molecule has 21 heavy (non-hydrogen) atoms. The molecule has 112 valence electrons. The van der Waals surface area contributed by atoms with Crippen LogP contribution in [0, 0.1) is 0 Å². The molecule has 1 aromatic heterocycles. The SMILES string of the molecule is CCOc1cc(NCCOc2ccc(OC)cc2)ncn1. The topological polar surface area (TPSA) is 65.5 Å². The van der Waals surface area contributed by atoms with Gasteiger partial charge >= 0.3 is 0 Å². The maximum atomic E-state index is 5.61. The van der Waals surface area contributed by atoms with Gasteiger partial charge in [-0.3, -0.25) is 0 Å². The molecule has 0 bridgehead atoms. The van der Waals surface area contributed by atoms with Gasteiger partial charge in [-0.05, 0) is 31.2 Å². The summed E-state index contributed by atoms with van der Waals surface area (Å²) in [5.74, 6) is 2.89. The lowest BCUT2D eigenvalue weighted by molar-refractivity contribution is 0.325. The molecule has 0 radical (unpaired) electrons. The molecule has 2 rings (SSSR count). The molecule has 0 saturated carbocycles. The van der Waals surface area contributed by atoms with E-state index in [0.717, 1.165) is 11.5 Å². The van der Waals surface area contributed by atoms with Crippen LogP contribution in [-0.2, 0) is 0 Å². The molecule has 1 N–H and O–H groups in total. The van der Waals surface area contributed by atoms with Gasteiger partial charge in [0, 0.05) is 6.07 Å². The van der Waals surface area contributed by atoms with Gasteiger partial charge in [-0.15, -0.1) is 0 Å². The second-order valence-corrected chi connectivity index (χ2v) is 4.13. The van der Waals surface area contributed by atoms with Gasteiger partial charge in [0.05, 0.1) is 20.3 Å². The Kier molecular flexibility index (Phi) is 5.63. The van der Waals surface area contributed by atoms with Crippen LogP contribution in [0.5, 0.6) is 17.4 Å². The van der Waals surface area contributed by atoms with Crippen LogP contribution in [0.3, 0.4) is 0 Å². The Hall–Kier alpha value is -2.50. The zero-order chi connectivity index (χ0) is 14.9. The number of hydrogen-bond donors (Lipinski definition) is 1. The number of nitrogens with one attached hydrogen (secondary N) is 1. The molecule has 0 aliphatic rings. The molecule has 0 fully saturated rings. The van der Waals surface area contributed by atoms with E-state index in [2.05, 4.69) is 15.3 Å². The molecule has 0 aliphatic carbocycles. The second-order valence-electron chi connectivity index (χ2n) is 4.13. The predicted octanol–water partition coefficient (Wildman–Crippen LogP) is 2.37. The molecule has 1 aromatic carbocycles. The summed E-state index contributed by atoms with van der Waals surface area (Å²) in [5, 5.41) is 3.16. The highest BCUT2D eigenvalue weighted by atomic mass is 16.5. The number of hydrogen-bond acceptors (Lipinski definition) is 6. The van der Waals surface area contributed by atoms with Crippen LogP contribution in [-0.4, -0.2) is 36.8 Å². The molecule has 6 nitrogen and oxygen atoms in total. The summed E-state index contributed by atoms with van der Waals surface area (Å²) >= 11 is 0. The predicted molar refractivity (Wildman–Crippen MR) is 80.2 cm³/mol. The Morgan fingerprint density at radius 1 is 1.05 bits per heavy atom. The fraction of sp³-hybridized carbons (Fsp3) is 0.333. The van der Waals surface area contributed by atoms with Crippen LogP contribution < -0.4 is 19.5 Å². The zero-order valence-corrected chi connectivity index (χ0v) is 12.2. The van der Waals surface area contributed by atoms with Crippen molar-refractivity contribution in [1.82, 2.24) is 9.97 Å². The Balaban J connectivity index is 1.74. The van der Waals surface area contributed by atoms with Crippen molar-refractivity contribution in [3.8, 4) is 17.4 Å². The van der Waals surface area contributed by atoms with E-state index in [0.29, 0.717) is 31.5 Å². The summed E-state index contributed by atoms with van der Waals surface area (Å²) in [6.07, 6.45) is 1.47. The van der Waals surface area contributed by atoms with Crippen LogP contribution in [0.25, 0.3) is 0 Å². The van der Waals surface area contributed by atoms with Crippen molar-refractivity contribution in [2.45, 2.75) is 6.92 Å². The number of anilines is 1. The first-order valence-corrected chi connectivity index (χ1v) is 6.77. The minimum Gasteiger partial charge on any atom is -0.497 e. The van der Waals surface area contributed by atoms with E-state index in [1.165, 1.54) is 6.33 Å². The number of methoxy groups -OCH3 is 1. The van der Waals surface area contributed by atoms with E-state index in [-0.39, 0.29) is 0 Å². The molecule has 1 heterocycles. The van der Waals surface area contributed by atoms with E-state index in [1.807, 2.05) is 31.2 Å². The number of rotatable bonds is 8. The summed E-state index contributed by atoms with van der Waals surface area (Å²) in [7, 11) is 1.64. The molecular weight excluding hydrogens is 270 g/mol. The third-order valence-corrected chi connectivity index (χ3v) is 2.67. The third kappa shape index (κ3) is 4.83. The van der Waals surface area contributed by atoms with E-state index >= 15 is 0 Å². The fourth-order valence-corrected chi connectivity index (χ4v) is 1.68. The van der Waals surface area contributed by atoms with Crippen molar-refractivity contribution in [2.75, 3.05) is 32.2 Å². The minimum atomic E-state index is 0.528. The molecule has 0 aliphatic heterocycles. The highest BCUT2D eigenvalue weighted by Gasteiger charge is 1.99. The molecule has 0 saturated heterocycles. The van der Waals surface area contributed by atoms with Crippen molar-refractivity contribution in [2.24, 2.45) is 0 Å². The molecule has 2 aromatic rings. The van der Waals surface area contributed by atoms with E-state index < -0.39 is 0 Å². The van der Waals surface area contributed by atoms with Gasteiger partial charge in [0.25, 0.3) is 0 Å². The van der Waals surface area contributed by atoms with E-state index in [4.69, 9.17) is 14.2 Å². The van der Waals surface area contributed by atoms with Crippen molar-refractivity contribution in [3.63, 3.8) is 0 Å². The Labute approximate surface area is 124 Å². The van der Waals surface area contributed by atoms with Crippen LogP contribution in [0.2, 0.25) is 0 Å². The summed E-state index contributed by atoms with van der Waals surface area (Å²) < 4.78 is 16.0. The van der Waals surface area contributed by atoms with Gasteiger partial charge in [0.2, 0.25) is 5.88 Å². The summed E-state index contributed by atoms with van der Waals surface area (Å²) in [6.45, 7) is 3.66. The molecular formula is C15H19N3O3. The van der Waals surface area contributed by atoms with Crippen LogP contribution in [0.4, 0.5) is 5.82 Å². The maximum Gasteiger partial charge on any atom is 0.218 e. The lowest BCUT2D eigenvalue weighted by Gasteiger charge is -2.09. The molecule has 0 spiro atoms. The van der Waals surface area contributed by atoms with Gasteiger partial charge in [-0.1, -0.05) is 0 Å². The standard InChI is InChI=1S/C15H19N3O3/c1-3-20-15-10-14(17-11-18-15)16-8-9-21-13-6-4-12(19-2)5-7-13/h4-7,10-11H,3,8-9H2,1-2H3,(H,16,17,18). The smallest absolute Gasteiger partial charge is 0.218 e. The number of benzene rings is 1. The molecule has 0 atom stereocenters. The third-order valence-electron chi connectivity index (χ3n) is 2.67. The Morgan fingerprint density at radius 2 is 1.81 bits per heavy atom. The Morgan fingerprint density at radius 3 is 2.52 bits per heavy atom. The summed E-state index contributed by atoms with van der Waals surface area (Å²) in [6, 6.07) is 9.23. The van der Waals surface area contributed by atoms with E-state index in [1.54, 1.807) is 13.2 Å². The highest BCUT2D eigenvalue weighted by molar-refractivity contribution is 5.37. The van der Waals surface area contributed by atoms with Gasteiger partial charge < -0.3 is 19.5 Å². The normalized spacial score (nSPS) is 10.0. The van der Waals surface area contributed by atoms with Gasteiger partial charge in [0.15, 0.2) is 0 Å². The average molecular weight is 289 g/mol. The van der Waals surface area contributed by atoms with Crippen molar-refractivity contribution >= 4 is 5.82 Å². The first-order valence-electron chi connectivity index (χ1n) is 6.77. The molecule has 0 amide bonds. The van der Waals surface area contributed by atoms with Crippen LogP contribution >= 0.6 is 0 Å². The Bertz CT molecular complexity index is 546. The highest BCUT2D eigenvalue weighted by Crippen LogP contribution is 2.17. The minimum absolute atomic E-state index is 0.528. The van der Waals surface area contributed by atoms with Crippen LogP contribution in [0.1, 0.15) is 6.92 Å². The van der Waals surface area contributed by atoms with Gasteiger partial charge in [0.1, 0.15) is 30.3 Å². The van der Waals surface area contributed by atoms with Gasteiger partial charge in [-0.25, -0.2) is 9.97 Å². The number of aromatic nitrogens is 2. The van der Waals surface area contributed by atoms with Crippen LogP contribution in [0.15, 0.2) is 36.7 Å².